The summed E-state index contributed by atoms with van der Waals surface area (Å²) < 4.78 is 18.6. The van der Waals surface area contributed by atoms with Gasteiger partial charge in [0.05, 0.1) is 5.56 Å². The van der Waals surface area contributed by atoms with Crippen LogP contribution in [0.3, 0.4) is 0 Å². The van der Waals surface area contributed by atoms with Crippen LogP contribution in [0.15, 0.2) is 53.3 Å². The lowest BCUT2D eigenvalue weighted by Gasteiger charge is -2.05. The second kappa shape index (κ2) is 4.53. The van der Waals surface area contributed by atoms with E-state index in [1.807, 2.05) is 0 Å². The molecule has 5 heteroatoms. The van der Waals surface area contributed by atoms with Gasteiger partial charge in [-0.1, -0.05) is 12.1 Å². The largest absolute Gasteiger partial charge is 0.443 e. The predicted molar refractivity (Wildman–Crippen MR) is 68.4 cm³/mol. The lowest BCUT2D eigenvalue weighted by atomic mass is 10.2. The molecule has 0 spiro atoms. The zero-order valence-corrected chi connectivity index (χ0v) is 9.76. The van der Waals surface area contributed by atoms with Crippen molar-refractivity contribution < 1.29 is 13.6 Å². The van der Waals surface area contributed by atoms with Crippen LogP contribution in [-0.2, 0) is 0 Å². The number of hydrogen-bond donors (Lipinski definition) is 1. The van der Waals surface area contributed by atoms with Crippen LogP contribution in [0.1, 0.15) is 10.4 Å². The standard InChI is InChI=1S/C14H9FN2O2/c15-11-4-2-1-3-10(11)14(18)17-9-5-6-13-12(7-9)16-8-19-13/h1-8H,(H,17,18). The Labute approximate surface area is 107 Å². The molecule has 0 saturated carbocycles. The summed E-state index contributed by atoms with van der Waals surface area (Å²) in [6.07, 6.45) is 1.33. The highest BCUT2D eigenvalue weighted by Gasteiger charge is 2.11. The molecule has 2 aromatic carbocycles. The van der Waals surface area contributed by atoms with Crippen molar-refractivity contribution in [1.29, 1.82) is 0 Å². The zero-order chi connectivity index (χ0) is 13.2. The first kappa shape index (κ1) is 11.4. The molecule has 0 radical (unpaired) electrons. The molecule has 3 aromatic rings. The number of hydrogen-bond acceptors (Lipinski definition) is 3. The maximum absolute atomic E-state index is 13.5. The molecule has 0 fully saturated rings. The van der Waals surface area contributed by atoms with Gasteiger partial charge < -0.3 is 9.73 Å². The summed E-state index contributed by atoms with van der Waals surface area (Å²) in [6, 6.07) is 10.9. The lowest BCUT2D eigenvalue weighted by molar-refractivity contribution is 0.102. The minimum atomic E-state index is -0.553. The number of rotatable bonds is 2. The lowest BCUT2D eigenvalue weighted by Crippen LogP contribution is -2.13. The van der Waals surface area contributed by atoms with E-state index in [4.69, 9.17) is 4.42 Å². The van der Waals surface area contributed by atoms with Gasteiger partial charge in [-0.15, -0.1) is 0 Å². The molecular weight excluding hydrogens is 247 g/mol. The normalized spacial score (nSPS) is 10.6. The average molecular weight is 256 g/mol. The second-order valence-electron chi connectivity index (χ2n) is 3.97. The number of anilines is 1. The van der Waals surface area contributed by atoms with Crippen LogP contribution in [-0.4, -0.2) is 10.9 Å². The Balaban J connectivity index is 1.88. The van der Waals surface area contributed by atoms with Crippen molar-refractivity contribution in [3.63, 3.8) is 0 Å². The van der Waals surface area contributed by atoms with Crippen LogP contribution >= 0.6 is 0 Å². The molecule has 94 valence electrons. The Morgan fingerprint density at radius 3 is 2.89 bits per heavy atom. The van der Waals surface area contributed by atoms with Crippen LogP contribution in [0.25, 0.3) is 11.1 Å². The predicted octanol–water partition coefficient (Wildman–Crippen LogP) is 3.22. The summed E-state index contributed by atoms with van der Waals surface area (Å²) in [5.41, 5.74) is 1.80. The van der Waals surface area contributed by atoms with Gasteiger partial charge in [0.25, 0.3) is 5.91 Å². The third-order valence-electron chi connectivity index (χ3n) is 2.71. The summed E-state index contributed by atoms with van der Waals surface area (Å²) in [7, 11) is 0. The minimum Gasteiger partial charge on any atom is -0.443 e. The van der Waals surface area contributed by atoms with E-state index in [2.05, 4.69) is 10.3 Å². The molecule has 1 heterocycles. The summed E-state index contributed by atoms with van der Waals surface area (Å²) in [6.45, 7) is 0. The molecule has 0 aliphatic heterocycles. The van der Waals surface area contributed by atoms with Gasteiger partial charge in [-0.05, 0) is 30.3 Å². The third kappa shape index (κ3) is 2.18. The summed E-state index contributed by atoms with van der Waals surface area (Å²) in [4.78, 5) is 15.9. The Hall–Kier alpha value is -2.69. The van der Waals surface area contributed by atoms with Crippen LogP contribution in [0.5, 0.6) is 0 Å². The zero-order valence-electron chi connectivity index (χ0n) is 9.76. The van der Waals surface area contributed by atoms with E-state index in [-0.39, 0.29) is 5.56 Å². The number of oxazole rings is 1. The fourth-order valence-electron chi connectivity index (χ4n) is 1.78. The molecule has 3 rings (SSSR count). The minimum absolute atomic E-state index is 0.00255. The van der Waals surface area contributed by atoms with Crippen LogP contribution < -0.4 is 5.32 Å². The van der Waals surface area contributed by atoms with Crippen molar-refractivity contribution in [1.82, 2.24) is 4.98 Å². The van der Waals surface area contributed by atoms with Crippen molar-refractivity contribution in [2.75, 3.05) is 5.32 Å². The number of halogens is 1. The molecular formula is C14H9FN2O2. The Bertz CT molecular complexity index is 752. The number of nitrogens with one attached hydrogen (secondary N) is 1. The molecule has 4 nitrogen and oxygen atoms in total. The van der Waals surface area contributed by atoms with Gasteiger partial charge in [-0.3, -0.25) is 4.79 Å². The van der Waals surface area contributed by atoms with Crippen LogP contribution in [0.4, 0.5) is 10.1 Å². The second-order valence-corrected chi connectivity index (χ2v) is 3.97. The van der Waals surface area contributed by atoms with Crippen molar-refractivity contribution in [2.45, 2.75) is 0 Å². The van der Waals surface area contributed by atoms with Crippen molar-refractivity contribution in [3.8, 4) is 0 Å². The Kier molecular flexibility index (Phi) is 2.72. The molecule has 19 heavy (non-hydrogen) atoms. The van der Waals surface area contributed by atoms with E-state index >= 15 is 0 Å². The first-order chi connectivity index (χ1) is 9.24. The van der Waals surface area contributed by atoms with Crippen LogP contribution in [0, 0.1) is 5.82 Å². The number of fused-ring (bicyclic) bond motifs is 1. The molecule has 0 bridgehead atoms. The highest BCUT2D eigenvalue weighted by Crippen LogP contribution is 2.18. The van der Waals surface area contributed by atoms with Crippen molar-refractivity contribution >= 4 is 22.7 Å². The van der Waals surface area contributed by atoms with Crippen molar-refractivity contribution in [2.24, 2.45) is 0 Å². The number of amides is 1. The number of carbonyl (C=O) groups excluding carboxylic acids is 1. The quantitative estimate of drug-likeness (QED) is 0.765. The number of benzene rings is 2. The summed E-state index contributed by atoms with van der Waals surface area (Å²) in [5.74, 6) is -1.05. The van der Waals surface area contributed by atoms with Gasteiger partial charge in [0.15, 0.2) is 12.0 Å². The Morgan fingerprint density at radius 1 is 1.21 bits per heavy atom. The number of nitrogens with zero attached hydrogens (tertiary/aromatic N) is 1. The Morgan fingerprint density at radius 2 is 2.05 bits per heavy atom. The maximum atomic E-state index is 13.5. The van der Waals surface area contributed by atoms with Gasteiger partial charge in [-0.25, -0.2) is 9.37 Å². The summed E-state index contributed by atoms with van der Waals surface area (Å²) in [5, 5.41) is 2.62. The monoisotopic (exact) mass is 256 g/mol. The van der Waals surface area contributed by atoms with Gasteiger partial charge in [0, 0.05) is 5.69 Å². The van der Waals surface area contributed by atoms with Gasteiger partial charge in [-0.2, -0.15) is 0 Å². The topological polar surface area (TPSA) is 55.1 Å². The first-order valence-electron chi connectivity index (χ1n) is 5.63. The van der Waals surface area contributed by atoms with E-state index in [0.29, 0.717) is 16.8 Å². The average Bonchev–Trinajstić information content (AvgIpc) is 2.86. The molecule has 0 atom stereocenters. The van der Waals surface area contributed by atoms with E-state index < -0.39 is 11.7 Å². The maximum Gasteiger partial charge on any atom is 0.258 e. The highest BCUT2D eigenvalue weighted by atomic mass is 19.1. The fourth-order valence-corrected chi connectivity index (χ4v) is 1.78. The molecule has 1 amide bonds. The van der Waals surface area contributed by atoms with E-state index in [1.54, 1.807) is 24.3 Å². The highest BCUT2D eigenvalue weighted by molar-refractivity contribution is 6.05. The molecule has 1 N–H and O–H groups in total. The van der Waals surface area contributed by atoms with E-state index in [1.165, 1.54) is 24.6 Å². The summed E-state index contributed by atoms with van der Waals surface area (Å²) >= 11 is 0. The van der Waals surface area contributed by atoms with E-state index in [0.717, 1.165) is 0 Å². The SMILES string of the molecule is O=C(Nc1ccc2ocnc2c1)c1ccccc1F. The van der Waals surface area contributed by atoms with Gasteiger partial charge in [0.1, 0.15) is 11.3 Å². The van der Waals surface area contributed by atoms with Gasteiger partial charge in [0.2, 0.25) is 0 Å². The molecule has 0 aliphatic carbocycles. The van der Waals surface area contributed by atoms with Crippen molar-refractivity contribution in [3.05, 3.63) is 60.2 Å². The molecule has 0 saturated heterocycles. The van der Waals surface area contributed by atoms with Gasteiger partial charge >= 0.3 is 0 Å². The number of aromatic nitrogens is 1. The third-order valence-corrected chi connectivity index (χ3v) is 2.71. The fraction of sp³-hybridized carbons (Fsp3) is 0. The molecule has 1 aromatic heterocycles. The smallest absolute Gasteiger partial charge is 0.258 e. The molecule has 0 unspecified atom stereocenters. The first-order valence-corrected chi connectivity index (χ1v) is 5.63. The molecule has 0 aliphatic rings. The van der Waals surface area contributed by atoms with Crippen LogP contribution in [0.2, 0.25) is 0 Å². The van der Waals surface area contributed by atoms with E-state index in [9.17, 15) is 9.18 Å². The number of carbonyl (C=O) groups is 1.